The van der Waals surface area contributed by atoms with Crippen LogP contribution in [0.1, 0.15) is 17.2 Å². The quantitative estimate of drug-likeness (QED) is 0.820. The molecule has 0 bridgehead atoms. The van der Waals surface area contributed by atoms with Gasteiger partial charge < -0.3 is 15.4 Å². The highest BCUT2D eigenvalue weighted by molar-refractivity contribution is 5.41. The van der Waals surface area contributed by atoms with E-state index in [4.69, 9.17) is 10.5 Å². The highest BCUT2D eigenvalue weighted by Gasteiger charge is 2.14. The van der Waals surface area contributed by atoms with Crippen LogP contribution < -0.4 is 5.73 Å². The summed E-state index contributed by atoms with van der Waals surface area (Å²) in [6, 6.07) is 18.2. The topological polar surface area (TPSA) is 38.5 Å². The lowest BCUT2D eigenvalue weighted by molar-refractivity contribution is 0.0687. The molecule has 0 amide bonds. The van der Waals surface area contributed by atoms with Gasteiger partial charge in [-0.1, -0.05) is 42.5 Å². The molecule has 20 heavy (non-hydrogen) atoms. The zero-order chi connectivity index (χ0) is 14.4. The van der Waals surface area contributed by atoms with Crippen molar-refractivity contribution in [2.45, 2.75) is 6.10 Å². The maximum atomic E-state index is 6.08. The van der Waals surface area contributed by atoms with Gasteiger partial charge in [-0.2, -0.15) is 0 Å². The maximum Gasteiger partial charge on any atom is 0.108 e. The molecule has 0 radical (unpaired) electrons. The maximum absolute atomic E-state index is 6.08. The molecule has 3 nitrogen and oxygen atoms in total. The number of anilines is 1. The fourth-order valence-corrected chi connectivity index (χ4v) is 2.04. The summed E-state index contributed by atoms with van der Waals surface area (Å²) < 4.78 is 6.08. The third-order valence-corrected chi connectivity index (χ3v) is 3.16. The van der Waals surface area contributed by atoms with E-state index in [9.17, 15) is 0 Å². The van der Waals surface area contributed by atoms with Crippen LogP contribution >= 0.6 is 0 Å². The molecule has 3 heteroatoms. The van der Waals surface area contributed by atoms with E-state index in [0.717, 1.165) is 23.4 Å². The number of nitrogens with two attached hydrogens (primary N) is 1. The summed E-state index contributed by atoms with van der Waals surface area (Å²) in [6.07, 6.45) is -0.0447. The fourth-order valence-electron chi connectivity index (χ4n) is 2.04. The summed E-state index contributed by atoms with van der Waals surface area (Å²) in [7, 11) is 4.09. The fraction of sp³-hybridized carbons (Fsp3) is 0.294. The zero-order valence-electron chi connectivity index (χ0n) is 12.1. The third kappa shape index (κ3) is 4.08. The van der Waals surface area contributed by atoms with Gasteiger partial charge in [0.1, 0.15) is 6.10 Å². The largest absolute Gasteiger partial charge is 0.399 e. The minimum absolute atomic E-state index is 0.0447. The van der Waals surface area contributed by atoms with Crippen molar-refractivity contribution in [3.05, 3.63) is 65.7 Å². The lowest BCUT2D eigenvalue weighted by Crippen LogP contribution is -2.20. The summed E-state index contributed by atoms with van der Waals surface area (Å²) in [5, 5.41) is 0. The van der Waals surface area contributed by atoms with E-state index < -0.39 is 0 Å². The molecule has 2 N–H and O–H groups in total. The molecule has 0 aliphatic carbocycles. The first-order chi connectivity index (χ1) is 9.66. The molecule has 0 spiro atoms. The lowest BCUT2D eigenvalue weighted by Gasteiger charge is -2.20. The van der Waals surface area contributed by atoms with Gasteiger partial charge in [-0.3, -0.25) is 0 Å². The average molecular weight is 270 g/mol. The van der Waals surface area contributed by atoms with Crippen LogP contribution in [0.5, 0.6) is 0 Å². The summed E-state index contributed by atoms with van der Waals surface area (Å²) in [6.45, 7) is 1.59. The Kier molecular flexibility index (Phi) is 5.16. The molecule has 106 valence electrons. The van der Waals surface area contributed by atoms with E-state index in [1.165, 1.54) is 0 Å². The van der Waals surface area contributed by atoms with Crippen molar-refractivity contribution in [1.82, 2.24) is 4.90 Å². The van der Waals surface area contributed by atoms with E-state index in [1.54, 1.807) is 0 Å². The van der Waals surface area contributed by atoms with E-state index in [1.807, 2.05) is 56.6 Å². The Balaban J connectivity index is 2.18. The molecule has 0 saturated carbocycles. The minimum atomic E-state index is -0.0447. The number of hydrogen-bond acceptors (Lipinski definition) is 3. The predicted molar refractivity (Wildman–Crippen MR) is 83.6 cm³/mol. The number of nitrogen functional groups attached to an aromatic ring is 1. The molecule has 2 aromatic carbocycles. The van der Waals surface area contributed by atoms with E-state index in [2.05, 4.69) is 17.0 Å². The van der Waals surface area contributed by atoms with E-state index >= 15 is 0 Å². The molecule has 0 heterocycles. The molecule has 1 atom stereocenters. The normalized spacial score (nSPS) is 12.6. The van der Waals surface area contributed by atoms with Crippen LogP contribution in [0.2, 0.25) is 0 Å². The van der Waals surface area contributed by atoms with Crippen LogP contribution in [-0.4, -0.2) is 32.1 Å². The summed E-state index contributed by atoms with van der Waals surface area (Å²) in [5.74, 6) is 0. The first-order valence-corrected chi connectivity index (χ1v) is 6.83. The van der Waals surface area contributed by atoms with Gasteiger partial charge in [-0.25, -0.2) is 0 Å². The highest BCUT2D eigenvalue weighted by atomic mass is 16.5. The first kappa shape index (κ1) is 14.6. The molecule has 0 aliphatic heterocycles. The van der Waals surface area contributed by atoms with Crippen molar-refractivity contribution < 1.29 is 4.74 Å². The van der Waals surface area contributed by atoms with Crippen molar-refractivity contribution in [3.8, 4) is 0 Å². The second kappa shape index (κ2) is 7.08. The van der Waals surface area contributed by atoms with Crippen LogP contribution in [0, 0.1) is 0 Å². The van der Waals surface area contributed by atoms with Gasteiger partial charge in [0.2, 0.25) is 0 Å². The Labute approximate surface area is 121 Å². The summed E-state index contributed by atoms with van der Waals surface area (Å²) >= 11 is 0. The van der Waals surface area contributed by atoms with Gasteiger partial charge in [-0.15, -0.1) is 0 Å². The second-order valence-corrected chi connectivity index (χ2v) is 5.13. The van der Waals surface area contributed by atoms with Crippen molar-refractivity contribution in [1.29, 1.82) is 0 Å². The zero-order valence-corrected chi connectivity index (χ0v) is 12.1. The summed E-state index contributed by atoms with van der Waals surface area (Å²) in [4.78, 5) is 2.12. The number of rotatable bonds is 6. The van der Waals surface area contributed by atoms with Crippen molar-refractivity contribution >= 4 is 5.69 Å². The van der Waals surface area contributed by atoms with Crippen molar-refractivity contribution in [2.24, 2.45) is 0 Å². The van der Waals surface area contributed by atoms with Gasteiger partial charge in [0, 0.05) is 12.2 Å². The Bertz CT molecular complexity index is 508. The Morgan fingerprint density at radius 1 is 0.950 bits per heavy atom. The van der Waals surface area contributed by atoms with Gasteiger partial charge in [0.05, 0.1) is 6.61 Å². The van der Waals surface area contributed by atoms with E-state index in [0.29, 0.717) is 6.61 Å². The molecular formula is C17H22N2O. The molecule has 2 rings (SSSR count). The molecule has 2 aromatic rings. The van der Waals surface area contributed by atoms with Crippen LogP contribution in [0.15, 0.2) is 54.6 Å². The van der Waals surface area contributed by atoms with Crippen LogP contribution in [0.4, 0.5) is 5.69 Å². The number of benzene rings is 2. The van der Waals surface area contributed by atoms with Crippen LogP contribution in [-0.2, 0) is 4.74 Å². The average Bonchev–Trinajstić information content (AvgIpc) is 2.46. The molecule has 0 fully saturated rings. The van der Waals surface area contributed by atoms with Crippen molar-refractivity contribution in [3.63, 3.8) is 0 Å². The number of hydrogen-bond donors (Lipinski definition) is 1. The van der Waals surface area contributed by atoms with Crippen LogP contribution in [0.3, 0.4) is 0 Å². The van der Waals surface area contributed by atoms with Gasteiger partial charge >= 0.3 is 0 Å². The van der Waals surface area contributed by atoms with Gasteiger partial charge in [0.25, 0.3) is 0 Å². The number of nitrogens with zero attached hydrogens (tertiary/aromatic N) is 1. The van der Waals surface area contributed by atoms with Gasteiger partial charge in [0.15, 0.2) is 0 Å². The smallest absolute Gasteiger partial charge is 0.108 e. The Morgan fingerprint density at radius 2 is 1.55 bits per heavy atom. The monoisotopic (exact) mass is 270 g/mol. The highest BCUT2D eigenvalue weighted by Crippen LogP contribution is 2.26. The standard InChI is InChI=1S/C17H22N2O/c1-19(2)12-13-20-17(14-6-4-3-5-7-14)15-8-10-16(18)11-9-15/h3-11,17H,12-13,18H2,1-2H3/t17-/m1/s1. The first-order valence-electron chi connectivity index (χ1n) is 6.83. The van der Waals surface area contributed by atoms with Crippen LogP contribution in [0.25, 0.3) is 0 Å². The van der Waals surface area contributed by atoms with Crippen molar-refractivity contribution in [2.75, 3.05) is 33.0 Å². The minimum Gasteiger partial charge on any atom is -0.399 e. The van der Waals surface area contributed by atoms with Gasteiger partial charge in [-0.05, 0) is 37.4 Å². The SMILES string of the molecule is CN(C)CCO[C@H](c1ccccc1)c1ccc(N)cc1. The molecule has 0 unspecified atom stereocenters. The molecule has 0 aromatic heterocycles. The Morgan fingerprint density at radius 3 is 2.15 bits per heavy atom. The molecule has 0 aliphatic rings. The third-order valence-electron chi connectivity index (χ3n) is 3.16. The number of ether oxygens (including phenoxy) is 1. The predicted octanol–water partition coefficient (Wildman–Crippen LogP) is 2.94. The lowest BCUT2D eigenvalue weighted by atomic mass is 10.0. The Hall–Kier alpha value is -1.84. The second-order valence-electron chi connectivity index (χ2n) is 5.13. The number of likely N-dealkylation sites (N-methyl/N-ethyl adjacent to an activating group) is 1. The van der Waals surface area contributed by atoms with E-state index in [-0.39, 0.29) is 6.10 Å². The molecule has 0 saturated heterocycles. The summed E-state index contributed by atoms with van der Waals surface area (Å²) in [5.41, 5.74) is 8.82. The molecular weight excluding hydrogens is 248 g/mol.